The molecule has 166 valence electrons. The molecule has 1 heterocycles. The van der Waals surface area contributed by atoms with Crippen molar-refractivity contribution in [3.63, 3.8) is 0 Å². The number of para-hydroxylation sites is 1. The Morgan fingerprint density at radius 1 is 1.09 bits per heavy atom. The van der Waals surface area contributed by atoms with Crippen LogP contribution in [0.1, 0.15) is 0 Å². The summed E-state index contributed by atoms with van der Waals surface area (Å²) in [6.07, 6.45) is 0. The third-order valence-corrected chi connectivity index (χ3v) is 5.48. The summed E-state index contributed by atoms with van der Waals surface area (Å²) in [6.45, 7) is 0. The quantitative estimate of drug-likeness (QED) is 0.181. The second kappa shape index (κ2) is 9.49. The number of nitro benzene ring substituents is 1. The van der Waals surface area contributed by atoms with E-state index in [0.717, 1.165) is 35.1 Å². The number of hydrogen-bond acceptors (Lipinski definition) is 7. The average molecular weight is 464 g/mol. The minimum absolute atomic E-state index is 0.0485. The van der Waals surface area contributed by atoms with Gasteiger partial charge in [0.1, 0.15) is 0 Å². The normalized spacial score (nSPS) is 10.7. The summed E-state index contributed by atoms with van der Waals surface area (Å²) in [7, 11) is 0. The monoisotopic (exact) mass is 464 g/mol. The van der Waals surface area contributed by atoms with Crippen molar-refractivity contribution in [2.24, 2.45) is 0 Å². The number of halogens is 1. The van der Waals surface area contributed by atoms with E-state index in [1.54, 1.807) is 12.1 Å². The number of nitrogen functional groups attached to an aromatic ring is 1. The molecule has 11 heteroatoms. The topological polar surface area (TPSA) is 129 Å². The van der Waals surface area contributed by atoms with E-state index < -0.39 is 22.3 Å². The highest BCUT2D eigenvalue weighted by Crippen LogP contribution is 2.29. The first-order valence-electron chi connectivity index (χ1n) is 9.66. The first kappa shape index (κ1) is 22.0. The van der Waals surface area contributed by atoms with Crippen molar-refractivity contribution in [1.29, 1.82) is 0 Å². The maximum absolute atomic E-state index is 13.5. The molecular weight excluding hydrogens is 447 g/mol. The van der Waals surface area contributed by atoms with Crippen molar-refractivity contribution >= 4 is 34.7 Å². The standard InChI is InChI=1S/C22H17FN6O3S/c23-18-10-9-16(12-19(18)29(31)32)25-20(30)13-33-22-27-26-21(14-5-4-6-15(24)11-14)28(22)17-7-2-1-3-8-17/h1-12H,13,24H2,(H,25,30). The Labute approximate surface area is 191 Å². The van der Waals surface area contributed by atoms with Crippen LogP contribution in [-0.2, 0) is 4.79 Å². The Morgan fingerprint density at radius 3 is 2.61 bits per heavy atom. The van der Waals surface area contributed by atoms with Crippen LogP contribution in [0.15, 0.2) is 78.0 Å². The van der Waals surface area contributed by atoms with E-state index in [0.29, 0.717) is 16.7 Å². The van der Waals surface area contributed by atoms with Crippen molar-refractivity contribution in [3.05, 3.63) is 88.7 Å². The lowest BCUT2D eigenvalue weighted by atomic mass is 10.2. The summed E-state index contributed by atoms with van der Waals surface area (Å²) in [5.74, 6) is -0.899. The van der Waals surface area contributed by atoms with Crippen LogP contribution in [-0.4, -0.2) is 31.3 Å². The molecule has 9 nitrogen and oxygen atoms in total. The molecule has 0 saturated carbocycles. The van der Waals surface area contributed by atoms with Gasteiger partial charge in [-0.15, -0.1) is 10.2 Å². The van der Waals surface area contributed by atoms with Crippen LogP contribution in [0.4, 0.5) is 21.5 Å². The Kier molecular flexibility index (Phi) is 6.31. The van der Waals surface area contributed by atoms with Gasteiger partial charge in [-0.3, -0.25) is 19.5 Å². The Hall–Kier alpha value is -4.25. The van der Waals surface area contributed by atoms with E-state index in [-0.39, 0.29) is 11.4 Å². The number of nitro groups is 1. The molecule has 4 rings (SSSR count). The van der Waals surface area contributed by atoms with E-state index in [1.807, 2.05) is 47.0 Å². The number of nitrogens with zero attached hydrogens (tertiary/aromatic N) is 4. The molecule has 33 heavy (non-hydrogen) atoms. The number of carbonyl (C=O) groups is 1. The Morgan fingerprint density at radius 2 is 1.88 bits per heavy atom. The number of thioether (sulfide) groups is 1. The molecule has 1 amide bonds. The highest BCUT2D eigenvalue weighted by Gasteiger charge is 2.19. The van der Waals surface area contributed by atoms with Crippen molar-refractivity contribution in [2.45, 2.75) is 5.16 Å². The molecule has 0 saturated heterocycles. The predicted octanol–water partition coefficient (Wildman–Crippen LogP) is 4.29. The van der Waals surface area contributed by atoms with Crippen LogP contribution in [0.25, 0.3) is 17.1 Å². The first-order valence-corrected chi connectivity index (χ1v) is 10.6. The Bertz CT molecular complexity index is 1330. The summed E-state index contributed by atoms with van der Waals surface area (Å²) in [4.78, 5) is 22.5. The molecular formula is C22H17FN6O3S. The summed E-state index contributed by atoms with van der Waals surface area (Å²) in [6, 6.07) is 19.8. The molecule has 0 fully saturated rings. The zero-order chi connectivity index (χ0) is 23.4. The maximum Gasteiger partial charge on any atom is 0.306 e. The van der Waals surface area contributed by atoms with Crippen LogP contribution in [0.3, 0.4) is 0 Å². The fourth-order valence-electron chi connectivity index (χ4n) is 3.10. The molecule has 1 aromatic heterocycles. The number of amides is 1. The second-order valence-corrected chi connectivity index (χ2v) is 7.81. The number of carbonyl (C=O) groups excluding carboxylic acids is 1. The maximum atomic E-state index is 13.5. The minimum Gasteiger partial charge on any atom is -0.399 e. The van der Waals surface area contributed by atoms with Gasteiger partial charge in [-0.25, -0.2) is 0 Å². The van der Waals surface area contributed by atoms with Crippen LogP contribution < -0.4 is 11.1 Å². The minimum atomic E-state index is -0.975. The molecule has 0 aliphatic heterocycles. The van der Waals surface area contributed by atoms with Gasteiger partial charge in [0.05, 0.1) is 10.7 Å². The number of aromatic nitrogens is 3. The highest BCUT2D eigenvalue weighted by molar-refractivity contribution is 7.99. The van der Waals surface area contributed by atoms with Gasteiger partial charge in [0.25, 0.3) is 0 Å². The molecule has 0 aliphatic carbocycles. The molecule has 0 unspecified atom stereocenters. The fraction of sp³-hybridized carbons (Fsp3) is 0.0455. The number of hydrogen-bond donors (Lipinski definition) is 2. The molecule has 0 bridgehead atoms. The van der Waals surface area contributed by atoms with E-state index in [4.69, 9.17) is 5.73 Å². The summed E-state index contributed by atoms with van der Waals surface area (Å²) in [5, 5.41) is 22.4. The molecule has 0 spiro atoms. The van der Waals surface area contributed by atoms with Gasteiger partial charge in [0.15, 0.2) is 11.0 Å². The van der Waals surface area contributed by atoms with Crippen molar-refractivity contribution in [1.82, 2.24) is 14.8 Å². The third-order valence-electron chi connectivity index (χ3n) is 4.55. The molecule has 3 N–H and O–H groups in total. The highest BCUT2D eigenvalue weighted by atomic mass is 32.2. The Balaban J connectivity index is 1.57. The third kappa shape index (κ3) is 4.99. The smallest absolute Gasteiger partial charge is 0.306 e. The van der Waals surface area contributed by atoms with E-state index >= 15 is 0 Å². The van der Waals surface area contributed by atoms with Crippen LogP contribution in [0.2, 0.25) is 0 Å². The average Bonchev–Trinajstić information content (AvgIpc) is 3.23. The van der Waals surface area contributed by atoms with Gasteiger partial charge < -0.3 is 11.1 Å². The van der Waals surface area contributed by atoms with E-state index in [9.17, 15) is 19.3 Å². The van der Waals surface area contributed by atoms with Gasteiger partial charge in [-0.05, 0) is 36.4 Å². The SMILES string of the molecule is Nc1cccc(-c2nnc(SCC(=O)Nc3ccc(F)c([N+](=O)[O-])c3)n2-c2ccccc2)c1. The molecule has 0 aliphatic rings. The van der Waals surface area contributed by atoms with Crippen LogP contribution >= 0.6 is 11.8 Å². The lowest BCUT2D eigenvalue weighted by Gasteiger charge is -2.11. The predicted molar refractivity (Wildman–Crippen MR) is 124 cm³/mol. The van der Waals surface area contributed by atoms with Gasteiger partial charge in [-0.2, -0.15) is 4.39 Å². The van der Waals surface area contributed by atoms with Gasteiger partial charge >= 0.3 is 5.69 Å². The van der Waals surface area contributed by atoms with Crippen molar-refractivity contribution in [3.8, 4) is 17.1 Å². The number of benzene rings is 3. The second-order valence-electron chi connectivity index (χ2n) is 6.86. The summed E-state index contributed by atoms with van der Waals surface area (Å²) < 4.78 is 15.3. The molecule has 4 aromatic rings. The lowest BCUT2D eigenvalue weighted by molar-refractivity contribution is -0.387. The summed E-state index contributed by atoms with van der Waals surface area (Å²) in [5.41, 5.74) is 7.48. The summed E-state index contributed by atoms with van der Waals surface area (Å²) >= 11 is 1.14. The number of nitrogens with one attached hydrogen (secondary N) is 1. The number of rotatable bonds is 7. The zero-order valence-electron chi connectivity index (χ0n) is 17.0. The van der Waals surface area contributed by atoms with Gasteiger partial charge in [-0.1, -0.05) is 42.1 Å². The van der Waals surface area contributed by atoms with E-state index in [1.165, 1.54) is 6.07 Å². The lowest BCUT2D eigenvalue weighted by Crippen LogP contribution is -2.15. The zero-order valence-corrected chi connectivity index (χ0v) is 17.8. The fourth-order valence-corrected chi connectivity index (χ4v) is 3.85. The van der Waals surface area contributed by atoms with Crippen molar-refractivity contribution < 1.29 is 14.1 Å². The molecule has 0 radical (unpaired) electrons. The van der Waals surface area contributed by atoms with Crippen LogP contribution in [0, 0.1) is 15.9 Å². The van der Waals surface area contributed by atoms with Crippen LogP contribution in [0.5, 0.6) is 0 Å². The number of anilines is 2. The van der Waals surface area contributed by atoms with Gasteiger partial charge in [0.2, 0.25) is 11.7 Å². The first-order chi connectivity index (χ1) is 15.9. The largest absolute Gasteiger partial charge is 0.399 e. The van der Waals surface area contributed by atoms with Gasteiger partial charge in [0, 0.05) is 28.7 Å². The molecule has 3 aromatic carbocycles. The molecule has 0 atom stereocenters. The van der Waals surface area contributed by atoms with E-state index in [2.05, 4.69) is 15.5 Å². The number of nitrogens with two attached hydrogens (primary N) is 1. The van der Waals surface area contributed by atoms with Crippen molar-refractivity contribution in [2.75, 3.05) is 16.8 Å².